The Balaban J connectivity index is 0.00000117. The molecule has 6 heteroatoms. The summed E-state index contributed by atoms with van der Waals surface area (Å²) in [4.78, 5) is 11.7. The van der Waals surface area contributed by atoms with Gasteiger partial charge in [-0.1, -0.05) is 13.8 Å². The maximum absolute atomic E-state index is 14.4. The van der Waals surface area contributed by atoms with Crippen LogP contribution in [0.1, 0.15) is 42.6 Å². The number of esters is 1. The first-order valence-electron chi connectivity index (χ1n) is 8.47. The third-order valence-electron chi connectivity index (χ3n) is 3.96. The number of hydrogen-bond acceptors (Lipinski definition) is 3. The minimum atomic E-state index is -1.53. The second-order valence-corrected chi connectivity index (χ2v) is 5.48. The van der Waals surface area contributed by atoms with Gasteiger partial charge >= 0.3 is 5.97 Å². The summed E-state index contributed by atoms with van der Waals surface area (Å²) in [7, 11) is 1.24. The van der Waals surface area contributed by atoms with Crippen molar-refractivity contribution in [3.8, 4) is 5.75 Å². The van der Waals surface area contributed by atoms with Gasteiger partial charge in [0.2, 0.25) is 0 Å². The van der Waals surface area contributed by atoms with E-state index in [0.29, 0.717) is 11.3 Å². The van der Waals surface area contributed by atoms with Crippen LogP contribution in [-0.2, 0) is 4.74 Å². The molecular formula is C20H21F3O3. The molecule has 0 radical (unpaired) electrons. The van der Waals surface area contributed by atoms with Crippen LogP contribution in [0.2, 0.25) is 0 Å². The van der Waals surface area contributed by atoms with Crippen LogP contribution in [0.4, 0.5) is 13.2 Å². The highest BCUT2D eigenvalue weighted by molar-refractivity contribution is 5.94. The summed E-state index contributed by atoms with van der Waals surface area (Å²) in [5, 5.41) is 0. The van der Waals surface area contributed by atoms with Gasteiger partial charge in [0.25, 0.3) is 0 Å². The highest BCUT2D eigenvalue weighted by Crippen LogP contribution is 2.42. The summed E-state index contributed by atoms with van der Waals surface area (Å²) in [6, 6.07) is 4.51. The van der Waals surface area contributed by atoms with Crippen molar-refractivity contribution in [3.05, 3.63) is 58.7 Å². The Hall–Kier alpha value is -2.50. The highest BCUT2D eigenvalue weighted by atomic mass is 19.1. The fraction of sp³-hybridized carbons (Fsp3) is 0.350. The second kappa shape index (κ2) is 8.74. The van der Waals surface area contributed by atoms with Gasteiger partial charge < -0.3 is 9.47 Å². The van der Waals surface area contributed by atoms with Gasteiger partial charge in [-0.05, 0) is 42.3 Å². The Bertz CT molecular complexity index is 779. The van der Waals surface area contributed by atoms with Gasteiger partial charge in [-0.25, -0.2) is 18.0 Å². The zero-order valence-electron chi connectivity index (χ0n) is 14.9. The van der Waals surface area contributed by atoms with Gasteiger partial charge in [0.15, 0.2) is 0 Å². The number of halogens is 3. The van der Waals surface area contributed by atoms with Crippen LogP contribution in [0.25, 0.3) is 5.57 Å². The SMILES string of the molecule is CC.COC(=O)c1ccc2c(c1)C(C1=C(F)CCC(F)C=C1F)=CCO2. The Morgan fingerprint density at radius 2 is 2.00 bits per heavy atom. The van der Waals surface area contributed by atoms with Crippen LogP contribution in [0.15, 0.2) is 47.6 Å². The molecule has 140 valence electrons. The minimum Gasteiger partial charge on any atom is -0.489 e. The third-order valence-corrected chi connectivity index (χ3v) is 3.96. The predicted molar refractivity (Wildman–Crippen MR) is 94.1 cm³/mol. The number of rotatable bonds is 2. The second-order valence-electron chi connectivity index (χ2n) is 5.48. The summed E-state index contributed by atoms with van der Waals surface area (Å²) in [5.41, 5.74) is 0.578. The van der Waals surface area contributed by atoms with E-state index in [4.69, 9.17) is 4.74 Å². The minimum absolute atomic E-state index is 0.110. The summed E-state index contributed by atoms with van der Waals surface area (Å²) < 4.78 is 52.4. The van der Waals surface area contributed by atoms with Crippen LogP contribution in [0, 0.1) is 0 Å². The van der Waals surface area contributed by atoms with E-state index in [1.807, 2.05) is 13.8 Å². The van der Waals surface area contributed by atoms with Crippen molar-refractivity contribution in [3.63, 3.8) is 0 Å². The van der Waals surface area contributed by atoms with E-state index < -0.39 is 23.8 Å². The standard InChI is InChI=1S/C18H15F3O3.C2H6/c1-23-18(22)10-2-5-16-13(8-10)12(6-7-24-16)17-14(20)4-3-11(19)9-15(17)21;1-2/h2,5-6,8-9,11H,3-4,7H2,1H3;1-2H3. The first kappa shape index (κ1) is 19.8. The number of hydrogen-bond donors (Lipinski definition) is 0. The molecule has 0 spiro atoms. The van der Waals surface area contributed by atoms with Crippen LogP contribution in [0.3, 0.4) is 0 Å². The monoisotopic (exact) mass is 366 g/mol. The normalized spacial score (nSPS) is 19.1. The first-order valence-corrected chi connectivity index (χ1v) is 8.47. The van der Waals surface area contributed by atoms with Crippen molar-refractivity contribution in [2.24, 2.45) is 0 Å². The largest absolute Gasteiger partial charge is 0.489 e. The molecule has 1 heterocycles. The number of ether oxygens (including phenoxy) is 2. The number of methoxy groups -OCH3 is 1. The topological polar surface area (TPSA) is 35.5 Å². The zero-order valence-corrected chi connectivity index (χ0v) is 14.9. The molecule has 0 fully saturated rings. The van der Waals surface area contributed by atoms with E-state index in [1.54, 1.807) is 6.07 Å². The van der Waals surface area contributed by atoms with E-state index in [-0.39, 0.29) is 36.2 Å². The maximum atomic E-state index is 14.4. The Morgan fingerprint density at radius 3 is 2.69 bits per heavy atom. The molecule has 3 nitrogen and oxygen atoms in total. The molecular weight excluding hydrogens is 345 g/mol. The zero-order chi connectivity index (χ0) is 19.3. The van der Waals surface area contributed by atoms with Crippen LogP contribution in [-0.4, -0.2) is 25.9 Å². The fourth-order valence-corrected chi connectivity index (χ4v) is 2.79. The fourth-order valence-electron chi connectivity index (χ4n) is 2.79. The van der Waals surface area contributed by atoms with E-state index in [9.17, 15) is 18.0 Å². The molecule has 0 bridgehead atoms. The molecule has 1 unspecified atom stereocenters. The lowest BCUT2D eigenvalue weighted by Gasteiger charge is -2.21. The summed E-state index contributed by atoms with van der Waals surface area (Å²) in [5.74, 6) is -1.83. The Kier molecular flexibility index (Phi) is 6.66. The number of alkyl halides is 1. The van der Waals surface area contributed by atoms with Crippen molar-refractivity contribution in [1.29, 1.82) is 0 Å². The molecule has 26 heavy (non-hydrogen) atoms. The van der Waals surface area contributed by atoms with E-state index in [1.165, 1.54) is 25.3 Å². The van der Waals surface area contributed by atoms with Crippen molar-refractivity contribution in [2.45, 2.75) is 32.9 Å². The average molecular weight is 366 g/mol. The molecule has 0 saturated carbocycles. The van der Waals surface area contributed by atoms with Gasteiger partial charge in [-0.2, -0.15) is 0 Å². The molecule has 2 aliphatic rings. The van der Waals surface area contributed by atoms with Crippen molar-refractivity contribution < 1.29 is 27.4 Å². The molecule has 1 aliphatic carbocycles. The molecule has 1 aromatic carbocycles. The molecule has 0 aromatic heterocycles. The van der Waals surface area contributed by atoms with Crippen molar-refractivity contribution in [2.75, 3.05) is 13.7 Å². The number of benzene rings is 1. The van der Waals surface area contributed by atoms with Gasteiger partial charge in [-0.15, -0.1) is 0 Å². The van der Waals surface area contributed by atoms with Crippen molar-refractivity contribution in [1.82, 2.24) is 0 Å². The molecule has 0 amide bonds. The Labute approximate surface area is 150 Å². The van der Waals surface area contributed by atoms with E-state index in [0.717, 1.165) is 6.08 Å². The lowest BCUT2D eigenvalue weighted by Crippen LogP contribution is -2.09. The predicted octanol–water partition coefficient (Wildman–Crippen LogP) is 5.48. The van der Waals surface area contributed by atoms with E-state index in [2.05, 4.69) is 4.74 Å². The lowest BCUT2D eigenvalue weighted by molar-refractivity contribution is 0.0600. The van der Waals surface area contributed by atoms with Crippen LogP contribution >= 0.6 is 0 Å². The molecule has 1 aromatic rings. The summed E-state index contributed by atoms with van der Waals surface area (Å²) in [6.07, 6.45) is 0.466. The quantitative estimate of drug-likeness (QED) is 0.650. The van der Waals surface area contributed by atoms with Gasteiger partial charge in [0.1, 0.15) is 30.2 Å². The van der Waals surface area contributed by atoms with E-state index >= 15 is 0 Å². The van der Waals surface area contributed by atoms with Gasteiger partial charge in [-0.3, -0.25) is 0 Å². The molecule has 1 atom stereocenters. The van der Waals surface area contributed by atoms with Crippen LogP contribution in [0.5, 0.6) is 5.75 Å². The molecule has 3 rings (SSSR count). The molecule has 1 aliphatic heterocycles. The summed E-state index contributed by atoms with van der Waals surface area (Å²) in [6.45, 7) is 4.13. The van der Waals surface area contributed by atoms with Gasteiger partial charge in [0, 0.05) is 17.6 Å². The average Bonchev–Trinajstić information content (AvgIpc) is 2.79. The number of fused-ring (bicyclic) bond motifs is 1. The highest BCUT2D eigenvalue weighted by Gasteiger charge is 2.27. The van der Waals surface area contributed by atoms with Crippen molar-refractivity contribution >= 4 is 11.5 Å². The van der Waals surface area contributed by atoms with Gasteiger partial charge in [0.05, 0.1) is 12.7 Å². The van der Waals surface area contributed by atoms with Crippen LogP contribution < -0.4 is 4.74 Å². The smallest absolute Gasteiger partial charge is 0.337 e. The summed E-state index contributed by atoms with van der Waals surface area (Å²) >= 11 is 0. The first-order chi connectivity index (χ1) is 12.5. The number of carbonyl (C=O) groups is 1. The maximum Gasteiger partial charge on any atom is 0.337 e. The lowest BCUT2D eigenvalue weighted by atomic mass is 9.92. The Morgan fingerprint density at radius 1 is 1.27 bits per heavy atom. The number of allylic oxidation sites excluding steroid dienone is 5. The molecule has 0 N–H and O–H groups in total. The third kappa shape index (κ3) is 4.00. The molecule has 0 saturated heterocycles. The number of carbonyl (C=O) groups excluding carboxylic acids is 1.